The molecule has 2 aromatic carbocycles. The molecule has 0 aliphatic carbocycles. The van der Waals surface area contributed by atoms with Gasteiger partial charge in [0.2, 0.25) is 5.91 Å². The van der Waals surface area contributed by atoms with Gasteiger partial charge in [-0.2, -0.15) is 0 Å². The summed E-state index contributed by atoms with van der Waals surface area (Å²) in [7, 11) is 0. The molecule has 0 spiro atoms. The second-order valence-corrected chi connectivity index (χ2v) is 8.47. The quantitative estimate of drug-likeness (QED) is 0.545. The van der Waals surface area contributed by atoms with Crippen LogP contribution >= 0.6 is 11.3 Å². The highest BCUT2D eigenvalue weighted by Gasteiger charge is 2.22. The first-order chi connectivity index (χ1) is 15.5. The van der Waals surface area contributed by atoms with Crippen molar-refractivity contribution >= 4 is 46.5 Å². The lowest BCUT2D eigenvalue weighted by atomic mass is 10.1. The second kappa shape index (κ2) is 9.62. The lowest BCUT2D eigenvalue weighted by Gasteiger charge is -2.16. The number of hydrogen-bond donors (Lipinski definition) is 2. The molecule has 2 N–H and O–H groups in total. The molecule has 0 unspecified atom stereocenters. The van der Waals surface area contributed by atoms with E-state index < -0.39 is 5.91 Å². The fraction of sp³-hybridized carbons (Fsp3) is 0.160. The fourth-order valence-electron chi connectivity index (χ4n) is 3.54. The van der Waals surface area contributed by atoms with Gasteiger partial charge in [-0.25, -0.2) is 0 Å². The number of aryl methyl sites for hydroxylation is 1. The van der Waals surface area contributed by atoms with Gasteiger partial charge in [-0.15, -0.1) is 11.3 Å². The van der Waals surface area contributed by atoms with Crippen molar-refractivity contribution in [3.05, 3.63) is 87.7 Å². The number of amides is 3. The molecule has 1 fully saturated rings. The summed E-state index contributed by atoms with van der Waals surface area (Å²) in [5, 5.41) is 7.50. The third-order valence-corrected chi connectivity index (χ3v) is 6.04. The molecule has 3 aromatic rings. The van der Waals surface area contributed by atoms with Gasteiger partial charge in [0.1, 0.15) is 5.70 Å². The number of hydrogen-bond acceptors (Lipinski definition) is 4. The smallest absolute Gasteiger partial charge is 0.272 e. The molecule has 1 aliphatic heterocycles. The van der Waals surface area contributed by atoms with Crippen molar-refractivity contribution in [2.45, 2.75) is 19.8 Å². The minimum absolute atomic E-state index is 0.113. The molecule has 1 aliphatic rings. The number of nitrogens with one attached hydrogen (secondary N) is 2. The number of carbonyl (C=O) groups excluding carboxylic acids is 3. The van der Waals surface area contributed by atoms with Gasteiger partial charge in [0.15, 0.2) is 0 Å². The van der Waals surface area contributed by atoms with E-state index in [0.29, 0.717) is 24.2 Å². The molecule has 3 amide bonds. The molecule has 0 bridgehead atoms. The van der Waals surface area contributed by atoms with E-state index in [4.69, 9.17) is 0 Å². The van der Waals surface area contributed by atoms with E-state index in [1.54, 1.807) is 35.2 Å². The largest absolute Gasteiger partial charge is 0.321 e. The van der Waals surface area contributed by atoms with E-state index in [1.807, 2.05) is 48.7 Å². The molecule has 162 valence electrons. The van der Waals surface area contributed by atoms with Crippen LogP contribution in [-0.4, -0.2) is 24.3 Å². The van der Waals surface area contributed by atoms with Crippen LogP contribution in [0, 0.1) is 6.92 Å². The van der Waals surface area contributed by atoms with Crippen molar-refractivity contribution in [3.63, 3.8) is 0 Å². The van der Waals surface area contributed by atoms with E-state index in [9.17, 15) is 14.4 Å². The third-order valence-electron chi connectivity index (χ3n) is 5.22. The molecule has 0 radical (unpaired) electrons. The average Bonchev–Trinajstić information content (AvgIpc) is 3.46. The number of nitrogens with zero attached hydrogens (tertiary/aromatic N) is 1. The molecule has 32 heavy (non-hydrogen) atoms. The molecule has 1 saturated heterocycles. The van der Waals surface area contributed by atoms with E-state index >= 15 is 0 Å². The minimum Gasteiger partial charge on any atom is -0.321 e. The Kier molecular flexibility index (Phi) is 6.47. The van der Waals surface area contributed by atoms with E-state index in [-0.39, 0.29) is 17.5 Å². The summed E-state index contributed by atoms with van der Waals surface area (Å²) < 4.78 is 0. The SMILES string of the molecule is Cc1ccccc1C(=O)N/C(=C\c1cccs1)C(=O)Nc1ccc(N2CCCC2=O)cc1. The van der Waals surface area contributed by atoms with Gasteiger partial charge in [0.05, 0.1) is 0 Å². The summed E-state index contributed by atoms with van der Waals surface area (Å²) in [4.78, 5) is 40.4. The Bertz CT molecular complexity index is 1170. The van der Waals surface area contributed by atoms with E-state index in [0.717, 1.165) is 22.5 Å². The van der Waals surface area contributed by atoms with Crippen molar-refractivity contribution in [1.29, 1.82) is 0 Å². The van der Waals surface area contributed by atoms with Crippen LogP contribution in [0.15, 0.2) is 71.7 Å². The van der Waals surface area contributed by atoms with Crippen molar-refractivity contribution in [2.24, 2.45) is 0 Å². The van der Waals surface area contributed by atoms with E-state index in [1.165, 1.54) is 11.3 Å². The Hall–Kier alpha value is -3.71. The predicted octanol–water partition coefficient (Wildman–Crippen LogP) is 4.59. The van der Waals surface area contributed by atoms with Crippen LogP contribution in [0.1, 0.15) is 33.6 Å². The summed E-state index contributed by atoms with van der Waals surface area (Å²) >= 11 is 1.47. The Morgan fingerprint density at radius 3 is 2.47 bits per heavy atom. The first-order valence-corrected chi connectivity index (χ1v) is 11.2. The van der Waals surface area contributed by atoms with Crippen LogP contribution in [0.2, 0.25) is 0 Å². The summed E-state index contributed by atoms with van der Waals surface area (Å²) in [5.74, 6) is -0.656. The maximum absolute atomic E-state index is 13.0. The normalized spacial score (nSPS) is 13.8. The van der Waals surface area contributed by atoms with Crippen LogP contribution in [0.4, 0.5) is 11.4 Å². The van der Waals surface area contributed by atoms with Gasteiger partial charge in [-0.3, -0.25) is 14.4 Å². The van der Waals surface area contributed by atoms with Crippen LogP contribution in [0.5, 0.6) is 0 Å². The van der Waals surface area contributed by atoms with Crippen molar-refractivity contribution in [3.8, 4) is 0 Å². The molecular weight excluding hydrogens is 422 g/mol. The van der Waals surface area contributed by atoms with Gasteiger partial charge in [-0.1, -0.05) is 24.3 Å². The maximum atomic E-state index is 13.0. The van der Waals surface area contributed by atoms with Crippen LogP contribution in [-0.2, 0) is 9.59 Å². The highest BCUT2D eigenvalue weighted by atomic mass is 32.1. The molecule has 6 nitrogen and oxygen atoms in total. The number of thiophene rings is 1. The first-order valence-electron chi connectivity index (χ1n) is 10.4. The zero-order chi connectivity index (χ0) is 22.5. The highest BCUT2D eigenvalue weighted by Crippen LogP contribution is 2.23. The van der Waals surface area contributed by atoms with Gasteiger partial charge in [0, 0.05) is 34.8 Å². The molecule has 0 saturated carbocycles. The molecule has 7 heteroatoms. The summed E-state index contributed by atoms with van der Waals surface area (Å²) in [6, 6.07) is 18.1. The van der Waals surface area contributed by atoms with Gasteiger partial charge in [-0.05, 0) is 66.8 Å². The van der Waals surface area contributed by atoms with Gasteiger partial charge >= 0.3 is 0 Å². The lowest BCUT2D eigenvalue weighted by molar-refractivity contribution is -0.117. The Morgan fingerprint density at radius 2 is 1.81 bits per heavy atom. The second-order valence-electron chi connectivity index (χ2n) is 7.49. The monoisotopic (exact) mass is 445 g/mol. The number of benzene rings is 2. The van der Waals surface area contributed by atoms with Crippen LogP contribution < -0.4 is 15.5 Å². The molecule has 1 aromatic heterocycles. The van der Waals surface area contributed by atoms with Gasteiger partial charge < -0.3 is 15.5 Å². The topological polar surface area (TPSA) is 78.5 Å². The number of carbonyl (C=O) groups is 3. The Balaban J connectivity index is 1.52. The zero-order valence-corrected chi connectivity index (χ0v) is 18.4. The lowest BCUT2D eigenvalue weighted by Crippen LogP contribution is -2.31. The number of anilines is 2. The molecular formula is C25H23N3O3S. The molecule has 2 heterocycles. The first kappa shape index (κ1) is 21.5. The summed E-state index contributed by atoms with van der Waals surface area (Å²) in [5.41, 5.74) is 2.88. The van der Waals surface area contributed by atoms with Crippen LogP contribution in [0.3, 0.4) is 0 Å². The molecule has 0 atom stereocenters. The Labute approximate surface area is 190 Å². The highest BCUT2D eigenvalue weighted by molar-refractivity contribution is 7.10. The van der Waals surface area contributed by atoms with Crippen LogP contribution in [0.25, 0.3) is 6.08 Å². The van der Waals surface area contributed by atoms with Crippen molar-refractivity contribution in [2.75, 3.05) is 16.8 Å². The molecule has 4 rings (SSSR count). The number of rotatable bonds is 6. The Morgan fingerprint density at radius 1 is 1.03 bits per heavy atom. The fourth-order valence-corrected chi connectivity index (χ4v) is 4.19. The van der Waals surface area contributed by atoms with E-state index in [2.05, 4.69) is 10.6 Å². The average molecular weight is 446 g/mol. The van der Waals surface area contributed by atoms with Gasteiger partial charge in [0.25, 0.3) is 11.8 Å². The predicted molar refractivity (Wildman–Crippen MR) is 128 cm³/mol. The summed E-state index contributed by atoms with van der Waals surface area (Å²) in [6.45, 7) is 2.56. The third kappa shape index (κ3) is 4.95. The van der Waals surface area contributed by atoms with Crippen molar-refractivity contribution < 1.29 is 14.4 Å². The standard InChI is InChI=1S/C25H23N3O3S/c1-17-6-2-3-8-21(17)24(30)27-22(16-20-7-5-15-32-20)25(31)26-18-10-12-19(13-11-18)28-14-4-9-23(28)29/h2-3,5-8,10-13,15-16H,4,9,14H2,1H3,(H,26,31)(H,27,30)/b22-16-. The minimum atomic E-state index is -0.426. The summed E-state index contributed by atoms with van der Waals surface area (Å²) in [6.07, 6.45) is 3.08. The maximum Gasteiger partial charge on any atom is 0.272 e. The van der Waals surface area contributed by atoms with Crippen molar-refractivity contribution in [1.82, 2.24) is 5.32 Å². The zero-order valence-electron chi connectivity index (χ0n) is 17.6.